The van der Waals surface area contributed by atoms with Crippen LogP contribution in [0.3, 0.4) is 0 Å². The number of nitrogens with one attached hydrogen (secondary N) is 1. The summed E-state index contributed by atoms with van der Waals surface area (Å²) in [5.74, 6) is 0.847. The molecule has 2 aromatic rings. The van der Waals surface area contributed by atoms with Gasteiger partial charge in [-0.3, -0.25) is 0 Å². The minimum absolute atomic E-state index is 0.133. The third-order valence-electron chi connectivity index (χ3n) is 3.13. The van der Waals surface area contributed by atoms with E-state index in [-0.39, 0.29) is 11.9 Å². The molecule has 2 rings (SSSR count). The molecule has 2 nitrogen and oxygen atoms in total. The van der Waals surface area contributed by atoms with Crippen molar-refractivity contribution in [3.63, 3.8) is 0 Å². The van der Waals surface area contributed by atoms with Crippen LogP contribution in [-0.2, 0) is 0 Å². The van der Waals surface area contributed by atoms with Crippen LogP contribution in [0, 0.1) is 11.7 Å². The van der Waals surface area contributed by atoms with Crippen molar-refractivity contribution in [2.45, 2.75) is 20.0 Å². The highest BCUT2D eigenvalue weighted by atomic mass is 19.1. The van der Waals surface area contributed by atoms with Gasteiger partial charge in [0.25, 0.3) is 0 Å². The fourth-order valence-corrected chi connectivity index (χ4v) is 2.10. The molecule has 1 N–H and O–H groups in total. The first-order chi connectivity index (χ1) is 10.1. The molecule has 0 aliphatic heterocycles. The highest BCUT2D eigenvalue weighted by Crippen LogP contribution is 2.22. The smallest absolute Gasteiger partial charge is 0.136 e. The molecule has 1 unspecified atom stereocenters. The molecule has 0 amide bonds. The number of rotatable bonds is 7. The Balaban J connectivity index is 2.08. The average Bonchev–Trinajstić information content (AvgIpc) is 2.47. The zero-order chi connectivity index (χ0) is 15.1. The number of hydrogen-bond acceptors (Lipinski definition) is 2. The number of ether oxygens (including phenoxy) is 1. The van der Waals surface area contributed by atoms with Gasteiger partial charge in [0.1, 0.15) is 17.7 Å². The fraction of sp³-hybridized carbons (Fsp3) is 0.333. The van der Waals surface area contributed by atoms with E-state index in [2.05, 4.69) is 19.2 Å². The van der Waals surface area contributed by atoms with Gasteiger partial charge in [0.15, 0.2) is 0 Å². The van der Waals surface area contributed by atoms with Gasteiger partial charge in [0, 0.05) is 12.6 Å². The Labute approximate surface area is 126 Å². The zero-order valence-electron chi connectivity index (χ0n) is 12.6. The second kappa shape index (κ2) is 7.79. The minimum Gasteiger partial charge on any atom is -0.484 e. The van der Waals surface area contributed by atoms with Crippen molar-refractivity contribution in [3.05, 3.63) is 66.0 Å². The van der Waals surface area contributed by atoms with Gasteiger partial charge in [-0.2, -0.15) is 0 Å². The molecule has 3 heteroatoms. The zero-order valence-corrected chi connectivity index (χ0v) is 12.6. The van der Waals surface area contributed by atoms with Gasteiger partial charge in [0.05, 0.1) is 0 Å². The summed E-state index contributed by atoms with van der Waals surface area (Å²) < 4.78 is 19.2. The van der Waals surface area contributed by atoms with Crippen molar-refractivity contribution in [2.24, 2.45) is 5.92 Å². The van der Waals surface area contributed by atoms with Crippen molar-refractivity contribution in [1.29, 1.82) is 0 Å². The second-order valence-electron chi connectivity index (χ2n) is 5.53. The maximum atomic E-state index is 13.3. The van der Waals surface area contributed by atoms with Crippen molar-refractivity contribution < 1.29 is 9.13 Å². The van der Waals surface area contributed by atoms with Crippen LogP contribution < -0.4 is 10.1 Å². The minimum atomic E-state index is -0.283. The van der Waals surface area contributed by atoms with E-state index in [0.29, 0.717) is 18.2 Å². The van der Waals surface area contributed by atoms with E-state index < -0.39 is 0 Å². The lowest BCUT2D eigenvalue weighted by Crippen LogP contribution is -2.28. The molecule has 0 saturated heterocycles. The predicted molar refractivity (Wildman–Crippen MR) is 83.9 cm³/mol. The van der Waals surface area contributed by atoms with Crippen molar-refractivity contribution >= 4 is 0 Å². The lowest BCUT2D eigenvalue weighted by atomic mass is 10.1. The third kappa shape index (κ3) is 5.20. The van der Waals surface area contributed by atoms with Crippen LogP contribution in [0.2, 0.25) is 0 Å². The normalized spacial score (nSPS) is 12.4. The summed E-state index contributed by atoms with van der Waals surface area (Å²) in [5, 5.41) is 3.40. The van der Waals surface area contributed by atoms with Crippen molar-refractivity contribution in [2.75, 3.05) is 13.1 Å². The van der Waals surface area contributed by atoms with E-state index in [0.717, 1.165) is 12.1 Å². The molecule has 21 heavy (non-hydrogen) atoms. The molecule has 0 aliphatic carbocycles. The van der Waals surface area contributed by atoms with E-state index in [1.165, 1.54) is 12.1 Å². The van der Waals surface area contributed by atoms with Crippen LogP contribution in [0.25, 0.3) is 0 Å². The molecular formula is C18H22FNO. The van der Waals surface area contributed by atoms with Crippen molar-refractivity contribution in [1.82, 2.24) is 5.32 Å². The van der Waals surface area contributed by atoms with E-state index in [1.807, 2.05) is 30.3 Å². The number of halogens is 1. The molecule has 2 aromatic carbocycles. The van der Waals surface area contributed by atoms with Crippen LogP contribution in [0.15, 0.2) is 54.6 Å². The molecule has 0 radical (unpaired) electrons. The third-order valence-corrected chi connectivity index (χ3v) is 3.13. The summed E-state index contributed by atoms with van der Waals surface area (Å²) in [5.41, 5.74) is 1.08. The lowest BCUT2D eigenvalue weighted by molar-refractivity contribution is 0.199. The summed E-state index contributed by atoms with van der Waals surface area (Å²) in [6, 6.07) is 16.3. The molecule has 0 bridgehead atoms. The Kier molecular flexibility index (Phi) is 5.76. The first kappa shape index (κ1) is 15.5. The summed E-state index contributed by atoms with van der Waals surface area (Å²) in [4.78, 5) is 0. The molecule has 0 saturated carbocycles. The molecule has 0 fully saturated rings. The Bertz CT molecular complexity index is 542. The summed E-state index contributed by atoms with van der Waals surface area (Å²) in [6.07, 6.45) is -0.133. The van der Waals surface area contributed by atoms with E-state index in [4.69, 9.17) is 4.74 Å². The maximum Gasteiger partial charge on any atom is 0.136 e. The topological polar surface area (TPSA) is 21.3 Å². The van der Waals surface area contributed by atoms with Gasteiger partial charge in [-0.1, -0.05) is 50.2 Å². The highest BCUT2D eigenvalue weighted by Gasteiger charge is 2.13. The monoisotopic (exact) mass is 287 g/mol. The predicted octanol–water partition coefficient (Wildman–Crippen LogP) is 4.19. The molecule has 112 valence electrons. The van der Waals surface area contributed by atoms with Gasteiger partial charge < -0.3 is 10.1 Å². The summed E-state index contributed by atoms with van der Waals surface area (Å²) >= 11 is 0. The van der Waals surface area contributed by atoms with Crippen LogP contribution in [0.5, 0.6) is 5.75 Å². The Morgan fingerprint density at radius 1 is 1.00 bits per heavy atom. The van der Waals surface area contributed by atoms with Gasteiger partial charge in [-0.15, -0.1) is 0 Å². The van der Waals surface area contributed by atoms with Gasteiger partial charge in [-0.05, 0) is 30.2 Å². The van der Waals surface area contributed by atoms with Crippen LogP contribution >= 0.6 is 0 Å². The molecule has 0 aliphatic rings. The molecule has 0 aromatic heterocycles. The van der Waals surface area contributed by atoms with Gasteiger partial charge in [0.2, 0.25) is 0 Å². The summed E-state index contributed by atoms with van der Waals surface area (Å²) in [6.45, 7) is 5.95. The van der Waals surface area contributed by atoms with E-state index in [9.17, 15) is 4.39 Å². The molecule has 1 atom stereocenters. The van der Waals surface area contributed by atoms with Crippen LogP contribution in [0.1, 0.15) is 25.5 Å². The van der Waals surface area contributed by atoms with Gasteiger partial charge >= 0.3 is 0 Å². The summed E-state index contributed by atoms with van der Waals surface area (Å²) in [7, 11) is 0. The van der Waals surface area contributed by atoms with Crippen molar-refractivity contribution in [3.8, 4) is 5.75 Å². The largest absolute Gasteiger partial charge is 0.484 e. The average molecular weight is 287 g/mol. The van der Waals surface area contributed by atoms with Gasteiger partial charge in [-0.25, -0.2) is 4.39 Å². The lowest BCUT2D eigenvalue weighted by Gasteiger charge is -2.21. The standard InChI is InChI=1S/C18H22FNO/c1-14(2)12-20-13-18(15-7-4-3-5-8-15)21-17-10-6-9-16(19)11-17/h3-11,14,18,20H,12-13H2,1-2H3. The van der Waals surface area contributed by atoms with E-state index in [1.54, 1.807) is 12.1 Å². The molecule has 0 heterocycles. The van der Waals surface area contributed by atoms with E-state index >= 15 is 0 Å². The van der Waals surface area contributed by atoms with Crippen LogP contribution in [-0.4, -0.2) is 13.1 Å². The van der Waals surface area contributed by atoms with Crippen LogP contribution in [0.4, 0.5) is 4.39 Å². The quantitative estimate of drug-likeness (QED) is 0.824. The Hall–Kier alpha value is -1.87. The fourth-order valence-electron chi connectivity index (χ4n) is 2.10. The molecule has 0 spiro atoms. The Morgan fingerprint density at radius 2 is 1.76 bits per heavy atom. The highest BCUT2D eigenvalue weighted by molar-refractivity contribution is 5.25. The number of hydrogen-bond donors (Lipinski definition) is 1. The molecular weight excluding hydrogens is 265 g/mol. The number of benzene rings is 2. The first-order valence-electron chi connectivity index (χ1n) is 7.33. The second-order valence-corrected chi connectivity index (χ2v) is 5.53. The SMILES string of the molecule is CC(C)CNCC(Oc1cccc(F)c1)c1ccccc1. The first-order valence-corrected chi connectivity index (χ1v) is 7.33. The Morgan fingerprint density at radius 3 is 2.43 bits per heavy atom. The maximum absolute atomic E-state index is 13.3.